The molecule has 17 heavy (non-hydrogen) atoms. The molecular weight excluding hydrogens is 236 g/mol. The van der Waals surface area contributed by atoms with E-state index in [0.29, 0.717) is 0 Å². The molecule has 0 saturated heterocycles. The fourth-order valence-electron chi connectivity index (χ4n) is 2.76. The summed E-state index contributed by atoms with van der Waals surface area (Å²) in [4.78, 5) is 0. The first-order chi connectivity index (χ1) is 8.16. The first-order valence-electron chi connectivity index (χ1n) is 6.49. The lowest BCUT2D eigenvalue weighted by atomic mass is 9.62. The monoisotopic (exact) mass is 256 g/mol. The van der Waals surface area contributed by atoms with Gasteiger partial charge in [0.25, 0.3) is 0 Å². The maximum atomic E-state index is 6.36. The van der Waals surface area contributed by atoms with E-state index in [1.165, 1.54) is 0 Å². The summed E-state index contributed by atoms with van der Waals surface area (Å²) in [6, 6.07) is 0. The van der Waals surface area contributed by atoms with Crippen molar-refractivity contribution in [2.24, 2.45) is 5.41 Å². The van der Waals surface area contributed by atoms with Gasteiger partial charge in [0, 0.05) is 23.8 Å². The zero-order valence-corrected chi connectivity index (χ0v) is 11.6. The number of nitrogens with zero attached hydrogens (tertiary/aromatic N) is 2. The largest absolute Gasteiger partial charge is 0.486 e. The van der Waals surface area contributed by atoms with Crippen LogP contribution in [-0.2, 0) is 6.54 Å². The van der Waals surface area contributed by atoms with Gasteiger partial charge < -0.3 is 4.74 Å². The summed E-state index contributed by atoms with van der Waals surface area (Å²) < 4.78 is 7.91. The molecule has 0 N–H and O–H groups in total. The Balaban J connectivity index is 2.04. The van der Waals surface area contributed by atoms with Crippen molar-refractivity contribution >= 4 is 11.6 Å². The minimum atomic E-state index is 0.149. The molecule has 0 radical (unpaired) electrons. The second kappa shape index (κ2) is 4.89. The van der Waals surface area contributed by atoms with Crippen LogP contribution in [0.25, 0.3) is 0 Å². The van der Waals surface area contributed by atoms with Crippen molar-refractivity contribution in [2.75, 3.05) is 0 Å². The number of rotatable bonds is 5. The molecule has 1 heterocycles. The Labute approximate surface area is 108 Å². The number of halogens is 1. The molecule has 1 aromatic rings. The molecule has 0 aliphatic heterocycles. The molecule has 1 aliphatic carbocycles. The Bertz CT molecular complexity index is 373. The van der Waals surface area contributed by atoms with E-state index in [1.54, 1.807) is 6.20 Å². The third kappa shape index (κ3) is 2.05. The second-order valence-corrected chi connectivity index (χ2v) is 5.31. The summed E-state index contributed by atoms with van der Waals surface area (Å²) in [5.74, 6) is 0.867. The summed E-state index contributed by atoms with van der Waals surface area (Å²) in [6.07, 6.45) is 7.09. The lowest BCUT2D eigenvalue weighted by Gasteiger charge is -2.52. The fourth-order valence-corrected chi connectivity index (χ4v) is 3.37. The third-order valence-electron chi connectivity index (χ3n) is 4.21. The van der Waals surface area contributed by atoms with Crippen LogP contribution in [-0.4, -0.2) is 21.3 Å². The quantitative estimate of drug-likeness (QED) is 0.755. The number of ether oxygens (including phenoxy) is 1. The summed E-state index contributed by atoms with van der Waals surface area (Å²) in [5.41, 5.74) is 0.149. The molecule has 2 unspecified atom stereocenters. The molecule has 3 nitrogen and oxygen atoms in total. The van der Waals surface area contributed by atoms with Crippen LogP contribution in [0.4, 0.5) is 0 Å². The molecule has 1 saturated carbocycles. The van der Waals surface area contributed by atoms with Gasteiger partial charge in [-0.3, -0.25) is 4.68 Å². The predicted octanol–water partition coefficient (Wildman–Crippen LogP) is 3.47. The molecular formula is C13H21ClN2O. The average Bonchev–Trinajstić information content (AvgIpc) is 2.78. The molecule has 1 aliphatic rings. The molecule has 0 spiro atoms. The summed E-state index contributed by atoms with van der Waals surface area (Å²) >= 11 is 6.36. The molecule has 0 aromatic carbocycles. The molecule has 1 fully saturated rings. The average molecular weight is 257 g/mol. The topological polar surface area (TPSA) is 27.1 Å². The highest BCUT2D eigenvalue weighted by Crippen LogP contribution is 2.51. The van der Waals surface area contributed by atoms with Gasteiger partial charge in [-0.15, -0.1) is 11.6 Å². The van der Waals surface area contributed by atoms with Gasteiger partial charge in [0.15, 0.2) is 5.75 Å². The van der Waals surface area contributed by atoms with Crippen LogP contribution in [0.15, 0.2) is 12.4 Å². The summed E-state index contributed by atoms with van der Waals surface area (Å²) in [6.45, 7) is 7.34. The second-order valence-electron chi connectivity index (χ2n) is 4.78. The van der Waals surface area contributed by atoms with Crippen molar-refractivity contribution in [2.45, 2.75) is 58.1 Å². The van der Waals surface area contributed by atoms with Crippen molar-refractivity contribution in [3.63, 3.8) is 0 Å². The van der Waals surface area contributed by atoms with Gasteiger partial charge >= 0.3 is 0 Å². The molecule has 1 aromatic heterocycles. The number of aryl methyl sites for hydroxylation is 1. The van der Waals surface area contributed by atoms with E-state index in [4.69, 9.17) is 16.3 Å². The Hall–Kier alpha value is -0.700. The van der Waals surface area contributed by atoms with E-state index in [1.807, 2.05) is 10.9 Å². The van der Waals surface area contributed by atoms with Gasteiger partial charge in [0.1, 0.15) is 6.10 Å². The Morgan fingerprint density at radius 2 is 2.18 bits per heavy atom. The van der Waals surface area contributed by atoms with Gasteiger partial charge in [-0.2, -0.15) is 5.10 Å². The van der Waals surface area contributed by atoms with E-state index < -0.39 is 0 Å². The van der Waals surface area contributed by atoms with Crippen LogP contribution in [0.1, 0.15) is 40.0 Å². The first-order valence-corrected chi connectivity index (χ1v) is 6.93. The lowest BCUT2D eigenvalue weighted by molar-refractivity contribution is -0.0462. The van der Waals surface area contributed by atoms with Crippen molar-refractivity contribution in [3.05, 3.63) is 12.4 Å². The number of alkyl halides is 1. The van der Waals surface area contributed by atoms with Crippen molar-refractivity contribution in [1.29, 1.82) is 0 Å². The fraction of sp³-hybridized carbons (Fsp3) is 0.769. The number of hydrogen-bond donors (Lipinski definition) is 0. The SMILES string of the molecule is CCn1cc(OC2CC(Cl)C2(CC)CC)cn1. The molecule has 0 bridgehead atoms. The molecule has 2 rings (SSSR count). The normalized spacial score (nSPS) is 26.6. The van der Waals surface area contributed by atoms with Crippen molar-refractivity contribution < 1.29 is 4.74 Å². The zero-order valence-electron chi connectivity index (χ0n) is 10.8. The van der Waals surface area contributed by atoms with Crippen molar-refractivity contribution in [3.8, 4) is 5.75 Å². The van der Waals surface area contributed by atoms with Crippen LogP contribution in [0, 0.1) is 5.41 Å². The van der Waals surface area contributed by atoms with Gasteiger partial charge in [0.2, 0.25) is 0 Å². The van der Waals surface area contributed by atoms with Crippen LogP contribution in [0.2, 0.25) is 0 Å². The number of hydrogen-bond acceptors (Lipinski definition) is 2. The maximum Gasteiger partial charge on any atom is 0.157 e. The van der Waals surface area contributed by atoms with Gasteiger partial charge in [-0.05, 0) is 19.8 Å². The highest BCUT2D eigenvalue weighted by Gasteiger charge is 2.53. The number of aromatic nitrogens is 2. The molecule has 2 atom stereocenters. The van der Waals surface area contributed by atoms with E-state index in [-0.39, 0.29) is 16.9 Å². The maximum absolute atomic E-state index is 6.36. The predicted molar refractivity (Wildman–Crippen MR) is 69.6 cm³/mol. The molecule has 96 valence electrons. The van der Waals surface area contributed by atoms with Crippen LogP contribution < -0.4 is 4.74 Å². The van der Waals surface area contributed by atoms with Gasteiger partial charge in [-0.25, -0.2) is 0 Å². The highest BCUT2D eigenvalue weighted by molar-refractivity contribution is 6.21. The summed E-state index contributed by atoms with van der Waals surface area (Å²) in [5, 5.41) is 4.48. The van der Waals surface area contributed by atoms with Crippen LogP contribution >= 0.6 is 11.6 Å². The Kier molecular flexibility index (Phi) is 3.67. The van der Waals surface area contributed by atoms with Crippen LogP contribution in [0.3, 0.4) is 0 Å². The van der Waals surface area contributed by atoms with Crippen LogP contribution in [0.5, 0.6) is 5.75 Å². The van der Waals surface area contributed by atoms with E-state index in [2.05, 4.69) is 25.9 Å². The smallest absolute Gasteiger partial charge is 0.157 e. The summed E-state index contributed by atoms with van der Waals surface area (Å²) in [7, 11) is 0. The van der Waals surface area contributed by atoms with E-state index >= 15 is 0 Å². The standard InChI is InChI=1S/C13H21ClN2O/c1-4-13(5-2)11(14)7-12(13)17-10-8-15-16(6-3)9-10/h8-9,11-12H,4-7H2,1-3H3. The Morgan fingerprint density at radius 3 is 2.65 bits per heavy atom. The molecule has 0 amide bonds. The lowest BCUT2D eigenvalue weighted by Crippen LogP contribution is -2.56. The highest BCUT2D eigenvalue weighted by atomic mass is 35.5. The first kappa shape index (κ1) is 12.7. The molecule has 4 heteroatoms. The third-order valence-corrected chi connectivity index (χ3v) is 4.83. The van der Waals surface area contributed by atoms with E-state index in [0.717, 1.165) is 31.6 Å². The van der Waals surface area contributed by atoms with Gasteiger partial charge in [-0.1, -0.05) is 13.8 Å². The van der Waals surface area contributed by atoms with Crippen molar-refractivity contribution in [1.82, 2.24) is 9.78 Å². The van der Waals surface area contributed by atoms with Gasteiger partial charge in [0.05, 0.1) is 12.4 Å². The zero-order chi connectivity index (χ0) is 12.5. The van der Waals surface area contributed by atoms with E-state index in [9.17, 15) is 0 Å². The minimum Gasteiger partial charge on any atom is -0.486 e. The minimum absolute atomic E-state index is 0.149. The Morgan fingerprint density at radius 1 is 1.47 bits per heavy atom.